The predicted molar refractivity (Wildman–Crippen MR) is 103 cm³/mol. The molecule has 1 heterocycles. The minimum absolute atomic E-state index is 0.185. The number of nitrogens with zero attached hydrogens (tertiary/aromatic N) is 2. The van der Waals surface area contributed by atoms with Crippen LogP contribution in [0.15, 0.2) is 58.1 Å². The van der Waals surface area contributed by atoms with Gasteiger partial charge in [0.2, 0.25) is 5.91 Å². The molecule has 0 unspecified atom stereocenters. The molecule has 0 atom stereocenters. The largest absolute Gasteiger partial charge is 0.383 e. The number of hydrogen-bond donors (Lipinski definition) is 1. The van der Waals surface area contributed by atoms with Gasteiger partial charge < -0.3 is 10.1 Å². The number of carbonyl (C=O) groups is 1. The Hall–Kier alpha value is -3.19. The van der Waals surface area contributed by atoms with Crippen LogP contribution in [-0.2, 0) is 16.1 Å². The van der Waals surface area contributed by atoms with Crippen LogP contribution in [-0.4, -0.2) is 35.3 Å². The standard InChI is InChI=1S/C20H21N3O4/c1-14-6-5-7-15(12-14)23-19(25)16-8-3-4-9-17(16)22(20(23)26)13-18(24)21-10-11-27-2/h3-9,12H,10-11,13H2,1-2H3,(H,21,24). The lowest BCUT2D eigenvalue weighted by Crippen LogP contribution is -2.42. The molecule has 0 aliphatic rings. The van der Waals surface area contributed by atoms with Gasteiger partial charge >= 0.3 is 5.69 Å². The summed E-state index contributed by atoms with van der Waals surface area (Å²) in [5.74, 6) is -0.325. The van der Waals surface area contributed by atoms with Gasteiger partial charge in [0.05, 0.1) is 23.2 Å². The summed E-state index contributed by atoms with van der Waals surface area (Å²) in [5.41, 5.74) is 0.877. The molecule has 27 heavy (non-hydrogen) atoms. The Kier molecular flexibility index (Phi) is 5.52. The van der Waals surface area contributed by atoms with Crippen LogP contribution in [0.4, 0.5) is 0 Å². The van der Waals surface area contributed by atoms with E-state index in [1.54, 1.807) is 49.6 Å². The number of carbonyl (C=O) groups excluding carboxylic acids is 1. The minimum atomic E-state index is -0.550. The van der Waals surface area contributed by atoms with Crippen LogP contribution in [0.5, 0.6) is 0 Å². The lowest BCUT2D eigenvalue weighted by molar-refractivity contribution is -0.121. The van der Waals surface area contributed by atoms with E-state index in [-0.39, 0.29) is 12.5 Å². The molecule has 1 N–H and O–H groups in total. The molecule has 7 nitrogen and oxygen atoms in total. The first-order valence-electron chi connectivity index (χ1n) is 8.60. The zero-order valence-corrected chi connectivity index (χ0v) is 15.3. The Morgan fingerprint density at radius 1 is 1.11 bits per heavy atom. The molecule has 0 aliphatic heterocycles. The van der Waals surface area contributed by atoms with Crippen LogP contribution >= 0.6 is 0 Å². The fourth-order valence-corrected chi connectivity index (χ4v) is 2.96. The summed E-state index contributed by atoms with van der Waals surface area (Å²) in [6.45, 7) is 2.43. The summed E-state index contributed by atoms with van der Waals surface area (Å²) in [6, 6.07) is 13.9. The summed E-state index contributed by atoms with van der Waals surface area (Å²) in [5, 5.41) is 3.07. The number of para-hydroxylation sites is 1. The second kappa shape index (κ2) is 8.01. The van der Waals surface area contributed by atoms with Gasteiger partial charge in [-0.25, -0.2) is 9.36 Å². The van der Waals surface area contributed by atoms with Gasteiger partial charge in [-0.05, 0) is 36.8 Å². The van der Waals surface area contributed by atoms with Crippen LogP contribution in [0, 0.1) is 6.92 Å². The molecule has 3 aromatic rings. The van der Waals surface area contributed by atoms with E-state index in [0.717, 1.165) is 10.1 Å². The van der Waals surface area contributed by atoms with Crippen molar-refractivity contribution >= 4 is 16.8 Å². The van der Waals surface area contributed by atoms with Crippen LogP contribution < -0.4 is 16.6 Å². The van der Waals surface area contributed by atoms with E-state index in [4.69, 9.17) is 4.74 Å². The molecule has 1 amide bonds. The molecule has 0 saturated heterocycles. The average Bonchev–Trinajstić information content (AvgIpc) is 2.66. The van der Waals surface area contributed by atoms with Crippen molar-refractivity contribution in [3.05, 3.63) is 74.9 Å². The first kappa shape index (κ1) is 18.6. The van der Waals surface area contributed by atoms with Gasteiger partial charge in [0, 0.05) is 13.7 Å². The van der Waals surface area contributed by atoms with Crippen molar-refractivity contribution in [2.75, 3.05) is 20.3 Å². The van der Waals surface area contributed by atoms with Crippen LogP contribution in [0.2, 0.25) is 0 Å². The monoisotopic (exact) mass is 367 g/mol. The van der Waals surface area contributed by atoms with Crippen molar-refractivity contribution in [2.24, 2.45) is 0 Å². The number of methoxy groups -OCH3 is 1. The number of aryl methyl sites for hydroxylation is 1. The zero-order valence-electron chi connectivity index (χ0n) is 15.3. The van der Waals surface area contributed by atoms with Crippen LogP contribution in [0.3, 0.4) is 0 Å². The van der Waals surface area contributed by atoms with E-state index in [0.29, 0.717) is 29.7 Å². The second-order valence-corrected chi connectivity index (χ2v) is 6.21. The maximum absolute atomic E-state index is 13.1. The third kappa shape index (κ3) is 3.83. The first-order valence-corrected chi connectivity index (χ1v) is 8.60. The van der Waals surface area contributed by atoms with E-state index >= 15 is 0 Å². The summed E-state index contributed by atoms with van der Waals surface area (Å²) >= 11 is 0. The number of rotatable bonds is 6. The average molecular weight is 367 g/mol. The molecule has 0 radical (unpaired) electrons. The van der Waals surface area contributed by atoms with Gasteiger partial charge in [-0.2, -0.15) is 0 Å². The van der Waals surface area contributed by atoms with E-state index < -0.39 is 11.2 Å². The second-order valence-electron chi connectivity index (χ2n) is 6.21. The van der Waals surface area contributed by atoms with Gasteiger partial charge in [-0.15, -0.1) is 0 Å². The highest BCUT2D eigenvalue weighted by atomic mass is 16.5. The Labute approximate surface area is 155 Å². The Morgan fingerprint density at radius 2 is 1.89 bits per heavy atom. The fourth-order valence-electron chi connectivity index (χ4n) is 2.96. The highest BCUT2D eigenvalue weighted by molar-refractivity contribution is 5.81. The third-order valence-electron chi connectivity index (χ3n) is 4.24. The Balaban J connectivity index is 2.17. The Morgan fingerprint density at radius 3 is 2.63 bits per heavy atom. The fraction of sp³-hybridized carbons (Fsp3) is 0.250. The van der Waals surface area contributed by atoms with Crippen molar-refractivity contribution in [1.29, 1.82) is 0 Å². The molecule has 0 aliphatic carbocycles. The van der Waals surface area contributed by atoms with Crippen molar-refractivity contribution in [2.45, 2.75) is 13.5 Å². The molecule has 140 valence electrons. The van der Waals surface area contributed by atoms with Crippen molar-refractivity contribution in [3.63, 3.8) is 0 Å². The summed E-state index contributed by atoms with van der Waals surface area (Å²) in [7, 11) is 1.54. The van der Waals surface area contributed by atoms with Crippen LogP contribution in [0.1, 0.15) is 5.56 Å². The lowest BCUT2D eigenvalue weighted by Gasteiger charge is -2.14. The van der Waals surface area contributed by atoms with E-state index in [1.807, 2.05) is 13.0 Å². The van der Waals surface area contributed by atoms with Gasteiger partial charge in [-0.1, -0.05) is 24.3 Å². The first-order chi connectivity index (χ1) is 13.0. The minimum Gasteiger partial charge on any atom is -0.383 e. The van der Waals surface area contributed by atoms with Gasteiger partial charge in [0.15, 0.2) is 0 Å². The molecule has 0 saturated carbocycles. The highest BCUT2D eigenvalue weighted by Gasteiger charge is 2.16. The molecule has 7 heteroatoms. The number of ether oxygens (including phenoxy) is 1. The summed E-state index contributed by atoms with van der Waals surface area (Å²) < 4.78 is 7.34. The van der Waals surface area contributed by atoms with Crippen molar-refractivity contribution in [3.8, 4) is 5.69 Å². The Bertz CT molecular complexity index is 1100. The highest BCUT2D eigenvalue weighted by Crippen LogP contribution is 2.11. The van der Waals surface area contributed by atoms with E-state index in [1.165, 1.54) is 4.57 Å². The molecule has 0 fully saturated rings. The number of nitrogens with one attached hydrogen (secondary N) is 1. The predicted octanol–water partition coefficient (Wildman–Crippen LogP) is 1.22. The number of hydrogen-bond acceptors (Lipinski definition) is 4. The SMILES string of the molecule is COCCNC(=O)Cn1c(=O)n(-c2cccc(C)c2)c(=O)c2ccccc21. The smallest absolute Gasteiger partial charge is 0.336 e. The maximum Gasteiger partial charge on any atom is 0.336 e. The number of aromatic nitrogens is 2. The number of benzene rings is 2. The molecule has 0 spiro atoms. The van der Waals surface area contributed by atoms with Crippen molar-refractivity contribution in [1.82, 2.24) is 14.5 Å². The van der Waals surface area contributed by atoms with Gasteiger partial charge in [0.25, 0.3) is 5.56 Å². The van der Waals surface area contributed by atoms with Gasteiger partial charge in [-0.3, -0.25) is 14.2 Å². The lowest BCUT2D eigenvalue weighted by atomic mass is 10.2. The number of fused-ring (bicyclic) bond motifs is 1. The van der Waals surface area contributed by atoms with Crippen molar-refractivity contribution < 1.29 is 9.53 Å². The summed E-state index contributed by atoms with van der Waals surface area (Å²) in [4.78, 5) is 38.3. The quantitative estimate of drug-likeness (QED) is 0.664. The molecular formula is C20H21N3O4. The topological polar surface area (TPSA) is 82.3 Å². The summed E-state index contributed by atoms with van der Waals surface area (Å²) in [6.07, 6.45) is 0. The van der Waals surface area contributed by atoms with Gasteiger partial charge in [0.1, 0.15) is 6.54 Å². The number of amides is 1. The van der Waals surface area contributed by atoms with E-state index in [9.17, 15) is 14.4 Å². The molecule has 3 rings (SSSR count). The zero-order chi connectivity index (χ0) is 19.4. The molecular weight excluding hydrogens is 346 g/mol. The maximum atomic E-state index is 13.1. The molecule has 2 aromatic carbocycles. The third-order valence-corrected chi connectivity index (χ3v) is 4.24. The van der Waals surface area contributed by atoms with Crippen LogP contribution in [0.25, 0.3) is 16.6 Å². The molecule has 1 aromatic heterocycles. The normalized spacial score (nSPS) is 10.9. The molecule has 0 bridgehead atoms. The van der Waals surface area contributed by atoms with E-state index in [2.05, 4.69) is 5.32 Å².